The second-order valence-corrected chi connectivity index (χ2v) is 7.42. The lowest BCUT2D eigenvalue weighted by molar-refractivity contribution is 0.0166. The van der Waals surface area contributed by atoms with Gasteiger partial charge in [0.1, 0.15) is 17.5 Å². The molecule has 0 amide bonds. The smallest absolute Gasteiger partial charge is 0.199 e. The Labute approximate surface area is 163 Å². The molecule has 0 spiro atoms. The highest BCUT2D eigenvalue weighted by Gasteiger charge is 2.29. The number of hydrogen-bond donors (Lipinski definition) is 2. The summed E-state index contributed by atoms with van der Waals surface area (Å²) in [5.74, 6) is 0.0970. The second kappa shape index (κ2) is 6.80. The van der Waals surface area contributed by atoms with Crippen molar-refractivity contribution in [3.8, 4) is 5.88 Å². The molecule has 6 heteroatoms. The van der Waals surface area contributed by atoms with Crippen LogP contribution in [0, 0.1) is 0 Å². The number of aromatic amines is 1. The fraction of sp³-hybridized carbons (Fsp3) is 0.273. The third-order valence-electron chi connectivity index (χ3n) is 5.50. The molecule has 0 unspecified atom stereocenters. The Kier molecular flexibility index (Phi) is 4.13. The van der Waals surface area contributed by atoms with E-state index < -0.39 is 0 Å². The van der Waals surface area contributed by atoms with Gasteiger partial charge in [-0.25, -0.2) is 4.99 Å². The summed E-state index contributed by atoms with van der Waals surface area (Å²) in [5.41, 5.74) is 4.61. The number of aromatic nitrogens is 1. The molecule has 2 aliphatic rings. The van der Waals surface area contributed by atoms with Gasteiger partial charge in [0.15, 0.2) is 5.88 Å². The first-order valence-electron chi connectivity index (χ1n) is 9.61. The van der Waals surface area contributed by atoms with Crippen molar-refractivity contribution in [1.29, 1.82) is 0 Å². The van der Waals surface area contributed by atoms with Crippen molar-refractivity contribution >= 4 is 28.0 Å². The zero-order valence-electron chi connectivity index (χ0n) is 15.7. The molecule has 1 aromatic heterocycles. The molecular weight excluding hydrogens is 352 g/mol. The van der Waals surface area contributed by atoms with Crippen LogP contribution in [0.5, 0.6) is 5.88 Å². The van der Waals surface area contributed by atoms with E-state index in [1.807, 2.05) is 48.5 Å². The average molecular weight is 374 g/mol. The monoisotopic (exact) mass is 374 g/mol. The zero-order chi connectivity index (χ0) is 19.1. The van der Waals surface area contributed by atoms with Crippen LogP contribution in [0.1, 0.15) is 24.0 Å². The minimum Gasteiger partial charge on any atom is -0.494 e. The highest BCUT2D eigenvalue weighted by molar-refractivity contribution is 6.58. The molecule has 0 atom stereocenters. The summed E-state index contributed by atoms with van der Waals surface area (Å²) in [6.07, 6.45) is 2.02. The van der Waals surface area contributed by atoms with Gasteiger partial charge in [-0.3, -0.25) is 0 Å². The van der Waals surface area contributed by atoms with Crippen LogP contribution in [0.2, 0.25) is 0 Å². The van der Waals surface area contributed by atoms with Gasteiger partial charge in [-0.2, -0.15) is 0 Å². The maximum atomic E-state index is 10.6. The van der Waals surface area contributed by atoms with Crippen molar-refractivity contribution < 1.29 is 9.94 Å². The van der Waals surface area contributed by atoms with Gasteiger partial charge in [-0.15, -0.1) is 0 Å². The maximum absolute atomic E-state index is 10.6. The fourth-order valence-electron chi connectivity index (χ4n) is 3.92. The van der Waals surface area contributed by atoms with Gasteiger partial charge in [-0.05, 0) is 32.0 Å². The number of benzene rings is 2. The quantitative estimate of drug-likeness (QED) is 0.685. The van der Waals surface area contributed by atoms with Crippen LogP contribution < -0.4 is 0 Å². The largest absolute Gasteiger partial charge is 0.494 e. The number of hydrogen-bond acceptors (Lipinski definition) is 5. The first-order chi connectivity index (χ1) is 13.7. The molecule has 6 nitrogen and oxygen atoms in total. The lowest BCUT2D eigenvalue weighted by atomic mass is 10.0. The van der Waals surface area contributed by atoms with Crippen molar-refractivity contribution in [2.75, 3.05) is 20.1 Å². The molecule has 28 heavy (non-hydrogen) atoms. The summed E-state index contributed by atoms with van der Waals surface area (Å²) < 4.78 is 0. The standard InChI is InChI=1S/C22H22N4O2/c1-26-12-10-14(11-13-26)28-25-20-16-7-3-5-9-18(16)23-21(20)19-15-6-2-4-8-17(15)24-22(19)27/h2-9,14,24,27H,10-13H2,1H3/b25-20+. The Morgan fingerprint density at radius 1 is 1.11 bits per heavy atom. The molecule has 2 aromatic carbocycles. The minimum atomic E-state index is 0.0970. The van der Waals surface area contributed by atoms with E-state index >= 15 is 0 Å². The number of nitrogens with zero attached hydrogens (tertiary/aromatic N) is 3. The van der Waals surface area contributed by atoms with Gasteiger partial charge in [0.2, 0.25) is 0 Å². The van der Waals surface area contributed by atoms with Crippen LogP contribution in [0.3, 0.4) is 0 Å². The van der Waals surface area contributed by atoms with Gasteiger partial charge >= 0.3 is 0 Å². The van der Waals surface area contributed by atoms with Crippen LogP contribution >= 0.6 is 0 Å². The van der Waals surface area contributed by atoms with Crippen LogP contribution in [-0.2, 0) is 4.84 Å². The molecule has 3 aromatic rings. The van der Waals surface area contributed by atoms with Gasteiger partial charge in [-0.1, -0.05) is 41.6 Å². The summed E-state index contributed by atoms with van der Waals surface area (Å²) in [6.45, 7) is 2.02. The van der Waals surface area contributed by atoms with E-state index in [0.717, 1.165) is 48.1 Å². The number of fused-ring (bicyclic) bond motifs is 2. The highest BCUT2D eigenvalue weighted by atomic mass is 16.6. The Hall–Kier alpha value is -3.12. The summed E-state index contributed by atoms with van der Waals surface area (Å²) in [6, 6.07) is 15.7. The molecule has 5 rings (SSSR count). The fourth-order valence-corrected chi connectivity index (χ4v) is 3.92. The van der Waals surface area contributed by atoms with Crippen molar-refractivity contribution in [3.63, 3.8) is 0 Å². The van der Waals surface area contributed by atoms with Gasteiger partial charge in [0.05, 0.1) is 11.3 Å². The minimum absolute atomic E-state index is 0.0970. The molecular formula is C22H22N4O2. The van der Waals surface area contributed by atoms with Crippen molar-refractivity contribution in [3.05, 3.63) is 59.7 Å². The zero-order valence-corrected chi connectivity index (χ0v) is 15.7. The van der Waals surface area contributed by atoms with E-state index in [0.29, 0.717) is 17.0 Å². The summed E-state index contributed by atoms with van der Waals surface area (Å²) in [7, 11) is 2.12. The van der Waals surface area contributed by atoms with Crippen molar-refractivity contribution in [1.82, 2.24) is 9.88 Å². The SMILES string of the molecule is CN1CCC(O/N=C2/C(c3c(O)[nH]c4ccccc34)=Nc3ccccc32)CC1. The molecule has 0 radical (unpaired) electrons. The van der Waals surface area contributed by atoms with E-state index in [2.05, 4.69) is 22.1 Å². The Bertz CT molecular complexity index is 1090. The number of aromatic hydroxyl groups is 1. The summed E-state index contributed by atoms with van der Waals surface area (Å²) >= 11 is 0. The van der Waals surface area contributed by atoms with Crippen LogP contribution in [0.4, 0.5) is 5.69 Å². The van der Waals surface area contributed by atoms with E-state index in [1.54, 1.807) is 0 Å². The third kappa shape index (κ3) is 2.86. The number of piperidine rings is 1. The van der Waals surface area contributed by atoms with E-state index in [4.69, 9.17) is 9.83 Å². The van der Waals surface area contributed by atoms with Gasteiger partial charge in [0, 0.05) is 29.6 Å². The second-order valence-electron chi connectivity index (χ2n) is 7.42. The van der Waals surface area contributed by atoms with Gasteiger partial charge in [0.25, 0.3) is 0 Å². The molecule has 1 saturated heterocycles. The molecule has 0 bridgehead atoms. The van der Waals surface area contributed by atoms with Crippen molar-refractivity contribution in [2.24, 2.45) is 10.1 Å². The predicted molar refractivity (Wildman–Crippen MR) is 111 cm³/mol. The molecule has 142 valence electrons. The maximum Gasteiger partial charge on any atom is 0.199 e. The third-order valence-corrected chi connectivity index (χ3v) is 5.50. The number of para-hydroxylation sites is 2. The van der Waals surface area contributed by atoms with Crippen LogP contribution in [0.15, 0.2) is 58.7 Å². The van der Waals surface area contributed by atoms with Crippen LogP contribution in [-0.4, -0.2) is 52.7 Å². The molecule has 0 saturated carbocycles. The molecule has 1 fully saturated rings. The predicted octanol–water partition coefficient (Wildman–Crippen LogP) is 3.82. The first kappa shape index (κ1) is 17.0. The lowest BCUT2D eigenvalue weighted by Crippen LogP contribution is -2.33. The molecule has 3 heterocycles. The molecule has 2 N–H and O–H groups in total. The van der Waals surface area contributed by atoms with E-state index in [9.17, 15) is 5.11 Å². The lowest BCUT2D eigenvalue weighted by Gasteiger charge is -2.27. The van der Waals surface area contributed by atoms with E-state index in [-0.39, 0.29) is 12.0 Å². The summed E-state index contributed by atoms with van der Waals surface area (Å²) in [5, 5.41) is 16.1. The van der Waals surface area contributed by atoms with E-state index in [1.165, 1.54) is 0 Å². The number of nitrogens with one attached hydrogen (secondary N) is 1. The average Bonchev–Trinajstić information content (AvgIpc) is 3.23. The van der Waals surface area contributed by atoms with Crippen LogP contribution in [0.25, 0.3) is 10.9 Å². The Morgan fingerprint density at radius 2 is 1.86 bits per heavy atom. The number of H-pyrrole nitrogens is 1. The molecule has 2 aliphatic heterocycles. The Morgan fingerprint density at radius 3 is 2.71 bits per heavy atom. The number of oxime groups is 1. The summed E-state index contributed by atoms with van der Waals surface area (Å²) in [4.78, 5) is 16.1. The van der Waals surface area contributed by atoms with Gasteiger partial charge < -0.3 is 19.8 Å². The highest BCUT2D eigenvalue weighted by Crippen LogP contribution is 2.35. The number of aliphatic imine (C=N–C) groups is 1. The molecule has 0 aliphatic carbocycles. The Balaban J connectivity index is 1.56. The number of likely N-dealkylation sites (tertiary alicyclic amines) is 1. The van der Waals surface area contributed by atoms with Crippen molar-refractivity contribution in [2.45, 2.75) is 18.9 Å². The normalized spacial score (nSPS) is 19.2. The first-order valence-corrected chi connectivity index (χ1v) is 9.61. The number of rotatable bonds is 3. The topological polar surface area (TPSA) is 73.2 Å².